The van der Waals surface area contributed by atoms with Gasteiger partial charge in [0.15, 0.2) is 0 Å². The average molecular weight is 247 g/mol. The van der Waals surface area contributed by atoms with Gasteiger partial charge in [0.1, 0.15) is 0 Å². The van der Waals surface area contributed by atoms with E-state index >= 15 is 0 Å². The number of hydrogen-bond acceptors (Lipinski definition) is 3. The van der Waals surface area contributed by atoms with Crippen molar-refractivity contribution in [3.8, 4) is 0 Å². The quantitative estimate of drug-likeness (QED) is 0.853. The van der Waals surface area contributed by atoms with E-state index in [9.17, 15) is 0 Å². The second kappa shape index (κ2) is 5.71. The molecule has 0 fully saturated rings. The topological polar surface area (TPSA) is 47.7 Å². The summed E-state index contributed by atoms with van der Waals surface area (Å²) in [4.78, 5) is 0. The molecule has 0 spiro atoms. The molecule has 0 radical (unpaired) electrons. The van der Waals surface area contributed by atoms with Gasteiger partial charge < -0.3 is 5.32 Å². The van der Waals surface area contributed by atoms with Crippen LogP contribution in [-0.4, -0.2) is 19.6 Å². The van der Waals surface area contributed by atoms with Gasteiger partial charge in [0.05, 0.1) is 24.1 Å². The summed E-state index contributed by atoms with van der Waals surface area (Å²) in [5.74, 6) is 0. The molecule has 0 atom stereocenters. The number of anilines is 1. The van der Waals surface area contributed by atoms with Crippen molar-refractivity contribution in [3.63, 3.8) is 0 Å². The number of nitrogens with zero attached hydrogens (tertiary/aromatic N) is 4. The molecule has 0 aliphatic heterocycles. The van der Waals surface area contributed by atoms with Crippen molar-refractivity contribution < 1.29 is 0 Å². The van der Waals surface area contributed by atoms with Gasteiger partial charge in [-0.2, -0.15) is 10.2 Å². The zero-order chi connectivity index (χ0) is 13.0. The first-order valence-electron chi connectivity index (χ1n) is 6.49. The second-order valence-electron chi connectivity index (χ2n) is 4.70. The van der Waals surface area contributed by atoms with Gasteiger partial charge >= 0.3 is 0 Å². The lowest BCUT2D eigenvalue weighted by Gasteiger charge is -2.07. The van der Waals surface area contributed by atoms with Crippen molar-refractivity contribution in [2.75, 3.05) is 5.32 Å². The van der Waals surface area contributed by atoms with Crippen LogP contribution >= 0.6 is 0 Å². The predicted molar refractivity (Wildman–Crippen MR) is 72.5 cm³/mol. The molecule has 2 rings (SSSR count). The van der Waals surface area contributed by atoms with Gasteiger partial charge in [-0.05, 0) is 26.3 Å². The van der Waals surface area contributed by atoms with E-state index in [0.29, 0.717) is 6.04 Å². The molecule has 1 N–H and O–H groups in total. The van der Waals surface area contributed by atoms with Gasteiger partial charge in [-0.15, -0.1) is 0 Å². The first-order chi connectivity index (χ1) is 8.70. The Morgan fingerprint density at radius 3 is 2.83 bits per heavy atom. The lowest BCUT2D eigenvalue weighted by atomic mass is 10.4. The first kappa shape index (κ1) is 12.7. The number of hydrogen-bond donors (Lipinski definition) is 1. The molecule has 0 unspecified atom stereocenters. The highest BCUT2D eigenvalue weighted by Gasteiger charge is 2.04. The monoisotopic (exact) mass is 247 g/mol. The van der Waals surface area contributed by atoms with Gasteiger partial charge in [-0.1, -0.05) is 6.92 Å². The molecule has 0 aromatic carbocycles. The molecular weight excluding hydrogens is 226 g/mol. The van der Waals surface area contributed by atoms with Crippen molar-refractivity contribution in [1.82, 2.24) is 19.6 Å². The highest BCUT2D eigenvalue weighted by molar-refractivity contribution is 5.38. The van der Waals surface area contributed by atoms with Gasteiger partial charge in [-0.25, -0.2) is 0 Å². The summed E-state index contributed by atoms with van der Waals surface area (Å²) < 4.78 is 3.99. The Hall–Kier alpha value is -1.78. The Kier molecular flexibility index (Phi) is 4.02. The van der Waals surface area contributed by atoms with Crippen LogP contribution < -0.4 is 5.32 Å². The first-order valence-corrected chi connectivity index (χ1v) is 6.49. The van der Waals surface area contributed by atoms with Gasteiger partial charge in [-0.3, -0.25) is 9.36 Å². The molecule has 5 nitrogen and oxygen atoms in total. The molecule has 98 valence electrons. The summed E-state index contributed by atoms with van der Waals surface area (Å²) in [6.07, 6.45) is 6.84. The number of rotatable bonds is 6. The zero-order valence-corrected chi connectivity index (χ0v) is 11.3. The van der Waals surface area contributed by atoms with Crippen molar-refractivity contribution in [1.29, 1.82) is 0 Å². The molecule has 0 bridgehead atoms. The molecule has 5 heteroatoms. The van der Waals surface area contributed by atoms with E-state index in [-0.39, 0.29) is 0 Å². The molecule has 0 amide bonds. The lowest BCUT2D eigenvalue weighted by molar-refractivity contribution is 0.532. The van der Waals surface area contributed by atoms with Crippen LogP contribution in [0.3, 0.4) is 0 Å². The third-order valence-corrected chi connectivity index (χ3v) is 2.84. The van der Waals surface area contributed by atoms with Gasteiger partial charge in [0, 0.05) is 25.0 Å². The highest BCUT2D eigenvalue weighted by Crippen LogP contribution is 2.11. The Morgan fingerprint density at radius 1 is 1.33 bits per heavy atom. The van der Waals surface area contributed by atoms with Crippen LogP contribution in [0.4, 0.5) is 5.69 Å². The van der Waals surface area contributed by atoms with Gasteiger partial charge in [0.2, 0.25) is 0 Å². The molecule has 0 aliphatic rings. The standard InChI is InChI=1S/C13H21N5/c1-4-7-17-13(5-6-15-17)9-14-12-8-16-18(10-12)11(2)3/h5-6,8,10-11,14H,4,7,9H2,1-3H3. The molecule has 2 heterocycles. The summed E-state index contributed by atoms with van der Waals surface area (Å²) in [6, 6.07) is 2.45. The van der Waals surface area contributed by atoms with Crippen LogP contribution in [0.2, 0.25) is 0 Å². The van der Waals surface area contributed by atoms with Crippen LogP contribution in [0.1, 0.15) is 38.9 Å². The van der Waals surface area contributed by atoms with Gasteiger partial charge in [0.25, 0.3) is 0 Å². The molecule has 0 saturated carbocycles. The molecule has 2 aromatic heterocycles. The van der Waals surface area contributed by atoms with Crippen LogP contribution in [0.15, 0.2) is 24.7 Å². The van der Waals surface area contributed by atoms with E-state index in [2.05, 4.69) is 42.4 Å². The Labute approximate surface area is 108 Å². The molecular formula is C13H21N5. The highest BCUT2D eigenvalue weighted by atomic mass is 15.3. The summed E-state index contributed by atoms with van der Waals surface area (Å²) in [5.41, 5.74) is 2.25. The molecule has 18 heavy (non-hydrogen) atoms. The molecule has 0 saturated heterocycles. The van der Waals surface area contributed by atoms with Crippen LogP contribution in [0.25, 0.3) is 0 Å². The summed E-state index contributed by atoms with van der Waals surface area (Å²) in [5, 5.41) is 12.0. The van der Waals surface area contributed by atoms with Crippen molar-refractivity contribution in [3.05, 3.63) is 30.4 Å². The summed E-state index contributed by atoms with van der Waals surface area (Å²) in [7, 11) is 0. The maximum absolute atomic E-state index is 4.31. The largest absolute Gasteiger partial charge is 0.377 e. The summed E-state index contributed by atoms with van der Waals surface area (Å²) in [6.45, 7) is 8.14. The zero-order valence-electron chi connectivity index (χ0n) is 11.3. The third kappa shape index (κ3) is 2.91. The molecule has 0 aliphatic carbocycles. The van der Waals surface area contributed by atoms with E-state index < -0.39 is 0 Å². The third-order valence-electron chi connectivity index (χ3n) is 2.84. The number of aromatic nitrogens is 4. The Morgan fingerprint density at radius 2 is 2.17 bits per heavy atom. The minimum atomic E-state index is 0.395. The smallest absolute Gasteiger partial charge is 0.0729 e. The van der Waals surface area contributed by atoms with E-state index in [4.69, 9.17) is 0 Å². The van der Waals surface area contributed by atoms with E-state index in [1.165, 1.54) is 5.69 Å². The lowest BCUT2D eigenvalue weighted by Crippen LogP contribution is -2.08. The maximum Gasteiger partial charge on any atom is 0.0729 e. The van der Waals surface area contributed by atoms with Crippen LogP contribution in [0, 0.1) is 0 Å². The van der Waals surface area contributed by atoms with Crippen LogP contribution in [-0.2, 0) is 13.1 Å². The minimum absolute atomic E-state index is 0.395. The van der Waals surface area contributed by atoms with Crippen molar-refractivity contribution in [2.45, 2.75) is 46.3 Å². The predicted octanol–water partition coefficient (Wildman–Crippen LogP) is 2.68. The molecule has 2 aromatic rings. The van der Waals surface area contributed by atoms with Crippen molar-refractivity contribution >= 4 is 5.69 Å². The van der Waals surface area contributed by atoms with E-state index in [0.717, 1.165) is 25.2 Å². The SMILES string of the molecule is CCCn1nccc1CNc1cnn(C(C)C)c1. The fraction of sp³-hybridized carbons (Fsp3) is 0.538. The van der Waals surface area contributed by atoms with E-state index in [1.54, 1.807) is 0 Å². The average Bonchev–Trinajstić information content (AvgIpc) is 2.95. The minimum Gasteiger partial charge on any atom is -0.377 e. The van der Waals surface area contributed by atoms with E-state index in [1.807, 2.05) is 28.0 Å². The normalized spacial score (nSPS) is 11.1. The number of aryl methyl sites for hydroxylation is 1. The van der Waals surface area contributed by atoms with Crippen molar-refractivity contribution in [2.24, 2.45) is 0 Å². The second-order valence-corrected chi connectivity index (χ2v) is 4.70. The number of nitrogens with one attached hydrogen (secondary N) is 1. The Bertz CT molecular complexity index is 483. The maximum atomic E-state index is 4.31. The Balaban J connectivity index is 1.95. The fourth-order valence-corrected chi connectivity index (χ4v) is 1.83. The summed E-state index contributed by atoms with van der Waals surface area (Å²) >= 11 is 0. The fourth-order valence-electron chi connectivity index (χ4n) is 1.83. The van der Waals surface area contributed by atoms with Crippen LogP contribution in [0.5, 0.6) is 0 Å².